The monoisotopic (exact) mass is 242 g/mol. The number of hydrogen-bond donors (Lipinski definition) is 1. The second-order valence-electron chi connectivity index (χ2n) is 3.73. The van der Waals surface area contributed by atoms with Crippen molar-refractivity contribution in [2.45, 2.75) is 0 Å². The van der Waals surface area contributed by atoms with Crippen LogP contribution in [-0.2, 0) is 0 Å². The number of para-hydroxylation sites is 1. The highest BCUT2D eigenvalue weighted by Crippen LogP contribution is 2.09. The van der Waals surface area contributed by atoms with E-state index in [1.807, 2.05) is 24.3 Å². The summed E-state index contributed by atoms with van der Waals surface area (Å²) >= 11 is 0. The smallest absolute Gasteiger partial charge is 0.270 e. The predicted molar refractivity (Wildman–Crippen MR) is 68.7 cm³/mol. The minimum Gasteiger partial charge on any atom is -0.472 e. The fourth-order valence-corrected chi connectivity index (χ4v) is 1.47. The topological polar surface area (TPSA) is 55.6 Å². The van der Waals surface area contributed by atoms with Crippen molar-refractivity contribution < 1.29 is 9.53 Å². The van der Waals surface area contributed by atoms with E-state index in [0.29, 0.717) is 11.3 Å². The second-order valence-corrected chi connectivity index (χ2v) is 3.73. The molecule has 2 aromatic rings. The Balaban J connectivity index is 1.93. The Morgan fingerprint density at radius 2 is 1.56 bits per heavy atom. The summed E-state index contributed by atoms with van der Waals surface area (Å²) in [6.07, 6.45) is 0. The van der Waals surface area contributed by atoms with Crippen LogP contribution < -0.4 is 10.6 Å². The van der Waals surface area contributed by atoms with Gasteiger partial charge in [-0.3, -0.25) is 4.79 Å². The molecule has 0 bridgehead atoms. The summed E-state index contributed by atoms with van der Waals surface area (Å²) in [6.45, 7) is 0.0116. The van der Waals surface area contributed by atoms with Crippen LogP contribution in [0.15, 0.2) is 60.7 Å². The van der Waals surface area contributed by atoms with Crippen molar-refractivity contribution in [2.75, 3.05) is 6.73 Å². The lowest BCUT2D eigenvalue weighted by molar-refractivity contribution is 0.0597. The fourth-order valence-electron chi connectivity index (χ4n) is 1.47. The molecule has 0 spiro atoms. The molecule has 4 heteroatoms. The Hall–Kier alpha value is -2.33. The zero-order valence-electron chi connectivity index (χ0n) is 9.82. The van der Waals surface area contributed by atoms with Crippen LogP contribution in [0.2, 0.25) is 0 Å². The van der Waals surface area contributed by atoms with Crippen LogP contribution in [-0.4, -0.2) is 17.6 Å². The third-order valence-corrected chi connectivity index (χ3v) is 2.40. The number of nitrogens with two attached hydrogens (primary N) is 1. The molecule has 92 valence electrons. The number of nitrogens with zero attached hydrogens (tertiary/aromatic N) is 1. The third-order valence-electron chi connectivity index (χ3n) is 2.40. The summed E-state index contributed by atoms with van der Waals surface area (Å²) in [7, 11) is 0. The van der Waals surface area contributed by atoms with Gasteiger partial charge in [-0.15, -0.1) is 0 Å². The number of benzene rings is 2. The molecule has 0 saturated heterocycles. The third kappa shape index (κ3) is 3.09. The van der Waals surface area contributed by atoms with Gasteiger partial charge in [-0.2, -0.15) is 0 Å². The number of amides is 1. The lowest BCUT2D eigenvalue weighted by Crippen LogP contribution is -2.40. The number of hydrazine groups is 1. The van der Waals surface area contributed by atoms with Crippen LogP contribution in [0, 0.1) is 0 Å². The molecule has 0 aliphatic heterocycles. The maximum Gasteiger partial charge on any atom is 0.270 e. The summed E-state index contributed by atoms with van der Waals surface area (Å²) in [5, 5.41) is 1.04. The molecule has 0 aliphatic carbocycles. The molecule has 0 aliphatic rings. The largest absolute Gasteiger partial charge is 0.472 e. The first-order valence-corrected chi connectivity index (χ1v) is 5.57. The Morgan fingerprint density at radius 3 is 2.17 bits per heavy atom. The normalized spacial score (nSPS) is 9.83. The van der Waals surface area contributed by atoms with E-state index in [9.17, 15) is 4.79 Å². The Kier molecular flexibility index (Phi) is 3.94. The molecule has 2 rings (SSSR count). The standard InChI is InChI=1S/C14H14N2O2/c15-16(11-18-13-9-5-2-6-10-13)14(17)12-7-3-1-4-8-12/h1-10H,11,15H2. The maximum atomic E-state index is 11.9. The summed E-state index contributed by atoms with van der Waals surface area (Å²) in [4.78, 5) is 11.9. The van der Waals surface area contributed by atoms with Crippen LogP contribution >= 0.6 is 0 Å². The molecule has 0 atom stereocenters. The second kappa shape index (κ2) is 5.84. The van der Waals surface area contributed by atoms with Crippen molar-refractivity contribution in [2.24, 2.45) is 5.84 Å². The first-order valence-electron chi connectivity index (χ1n) is 5.57. The quantitative estimate of drug-likeness (QED) is 0.386. The zero-order chi connectivity index (χ0) is 12.8. The van der Waals surface area contributed by atoms with Crippen molar-refractivity contribution >= 4 is 5.91 Å². The molecule has 2 aromatic carbocycles. The van der Waals surface area contributed by atoms with Gasteiger partial charge in [-0.05, 0) is 24.3 Å². The van der Waals surface area contributed by atoms with Crippen LogP contribution in [0.4, 0.5) is 0 Å². The van der Waals surface area contributed by atoms with Crippen molar-refractivity contribution in [3.63, 3.8) is 0 Å². The molecule has 0 saturated carbocycles. The van der Waals surface area contributed by atoms with Crippen molar-refractivity contribution in [3.05, 3.63) is 66.2 Å². The molecule has 4 nitrogen and oxygen atoms in total. The van der Waals surface area contributed by atoms with E-state index in [-0.39, 0.29) is 12.6 Å². The van der Waals surface area contributed by atoms with Gasteiger partial charge in [0.2, 0.25) is 0 Å². The van der Waals surface area contributed by atoms with Gasteiger partial charge in [-0.25, -0.2) is 10.9 Å². The van der Waals surface area contributed by atoms with Gasteiger partial charge >= 0.3 is 0 Å². The SMILES string of the molecule is NN(COc1ccccc1)C(=O)c1ccccc1. The first kappa shape index (κ1) is 12.1. The van der Waals surface area contributed by atoms with Crippen LogP contribution in [0.1, 0.15) is 10.4 Å². The number of carbonyl (C=O) groups is 1. The molecule has 0 heterocycles. The highest BCUT2D eigenvalue weighted by atomic mass is 16.5. The molecule has 0 fully saturated rings. The van der Waals surface area contributed by atoms with Crippen molar-refractivity contribution in [1.82, 2.24) is 5.01 Å². The van der Waals surface area contributed by atoms with Gasteiger partial charge in [0.05, 0.1) is 0 Å². The molecule has 18 heavy (non-hydrogen) atoms. The maximum absolute atomic E-state index is 11.9. The molecule has 1 amide bonds. The van der Waals surface area contributed by atoms with Gasteiger partial charge < -0.3 is 4.74 Å². The van der Waals surface area contributed by atoms with Gasteiger partial charge in [0.1, 0.15) is 5.75 Å². The van der Waals surface area contributed by atoms with E-state index >= 15 is 0 Å². The molecular weight excluding hydrogens is 228 g/mol. The van der Waals surface area contributed by atoms with Crippen LogP contribution in [0.25, 0.3) is 0 Å². The molecule has 0 unspecified atom stereocenters. The minimum atomic E-state index is -0.272. The van der Waals surface area contributed by atoms with Gasteiger partial charge in [0, 0.05) is 5.56 Å². The predicted octanol–water partition coefficient (Wildman–Crippen LogP) is 2.04. The Labute approximate surface area is 106 Å². The lowest BCUT2D eigenvalue weighted by Gasteiger charge is -2.17. The summed E-state index contributed by atoms with van der Waals surface area (Å²) in [5.74, 6) is 6.06. The fraction of sp³-hybridized carbons (Fsp3) is 0.0714. The highest BCUT2D eigenvalue weighted by molar-refractivity contribution is 5.93. The number of ether oxygens (including phenoxy) is 1. The van der Waals surface area contributed by atoms with Gasteiger partial charge in [0.15, 0.2) is 6.73 Å². The first-order chi connectivity index (χ1) is 8.77. The van der Waals surface area contributed by atoms with E-state index in [2.05, 4.69) is 0 Å². The zero-order valence-corrected chi connectivity index (χ0v) is 9.82. The van der Waals surface area contributed by atoms with Crippen LogP contribution in [0.3, 0.4) is 0 Å². The Morgan fingerprint density at radius 1 is 1.00 bits per heavy atom. The molecule has 0 aromatic heterocycles. The highest BCUT2D eigenvalue weighted by Gasteiger charge is 2.11. The summed E-state index contributed by atoms with van der Waals surface area (Å²) in [5.41, 5.74) is 0.539. The number of hydrogen-bond acceptors (Lipinski definition) is 3. The average Bonchev–Trinajstić information content (AvgIpc) is 2.46. The Bertz CT molecular complexity index is 500. The van der Waals surface area contributed by atoms with Gasteiger partial charge in [0.25, 0.3) is 5.91 Å². The molecule has 2 N–H and O–H groups in total. The van der Waals surface area contributed by atoms with Crippen molar-refractivity contribution in [1.29, 1.82) is 0 Å². The molecule has 0 radical (unpaired) electrons. The average molecular weight is 242 g/mol. The minimum absolute atomic E-state index is 0.0116. The lowest BCUT2D eigenvalue weighted by atomic mass is 10.2. The van der Waals surface area contributed by atoms with E-state index in [1.54, 1.807) is 36.4 Å². The summed E-state index contributed by atoms with van der Waals surface area (Å²) in [6, 6.07) is 18.1. The number of carbonyl (C=O) groups excluding carboxylic acids is 1. The van der Waals surface area contributed by atoms with Gasteiger partial charge in [-0.1, -0.05) is 36.4 Å². The van der Waals surface area contributed by atoms with Crippen molar-refractivity contribution in [3.8, 4) is 5.75 Å². The summed E-state index contributed by atoms with van der Waals surface area (Å²) < 4.78 is 5.39. The number of rotatable bonds is 4. The van der Waals surface area contributed by atoms with E-state index < -0.39 is 0 Å². The van der Waals surface area contributed by atoms with Crippen LogP contribution in [0.5, 0.6) is 5.75 Å². The molecular formula is C14H14N2O2. The van der Waals surface area contributed by atoms with E-state index in [4.69, 9.17) is 10.6 Å². The van der Waals surface area contributed by atoms with E-state index in [1.165, 1.54) is 0 Å². The van der Waals surface area contributed by atoms with E-state index in [0.717, 1.165) is 5.01 Å².